The number of benzene rings is 1. The number of ether oxygens (including phenoxy) is 1. The van der Waals surface area contributed by atoms with Gasteiger partial charge in [0.2, 0.25) is 10.0 Å². The highest BCUT2D eigenvalue weighted by molar-refractivity contribution is 7.89. The molecule has 0 spiro atoms. The van der Waals surface area contributed by atoms with Gasteiger partial charge < -0.3 is 10.1 Å². The third-order valence-corrected chi connectivity index (χ3v) is 5.06. The molecule has 0 unspecified atom stereocenters. The SMILES string of the molecule is C=CCN(CCOC)S(=O)(=O)c1ccc(C)c(CNC)c1. The van der Waals surface area contributed by atoms with E-state index in [0.29, 0.717) is 24.6 Å². The fourth-order valence-corrected chi connectivity index (χ4v) is 3.43. The van der Waals surface area contributed by atoms with Gasteiger partial charge in [-0.1, -0.05) is 12.1 Å². The Labute approximate surface area is 127 Å². The molecule has 0 aliphatic rings. The fourth-order valence-electron chi connectivity index (χ4n) is 1.98. The number of nitrogens with one attached hydrogen (secondary N) is 1. The summed E-state index contributed by atoms with van der Waals surface area (Å²) in [6.07, 6.45) is 1.58. The van der Waals surface area contributed by atoms with Gasteiger partial charge in [0.1, 0.15) is 0 Å². The van der Waals surface area contributed by atoms with Crippen LogP contribution in [0.2, 0.25) is 0 Å². The maximum Gasteiger partial charge on any atom is 0.243 e. The highest BCUT2D eigenvalue weighted by atomic mass is 32.2. The smallest absolute Gasteiger partial charge is 0.243 e. The van der Waals surface area contributed by atoms with E-state index in [-0.39, 0.29) is 6.54 Å². The molecule has 0 heterocycles. The van der Waals surface area contributed by atoms with Gasteiger partial charge in [0, 0.05) is 26.7 Å². The van der Waals surface area contributed by atoms with Crippen molar-refractivity contribution in [3.8, 4) is 0 Å². The summed E-state index contributed by atoms with van der Waals surface area (Å²) in [6.45, 7) is 7.14. The molecule has 118 valence electrons. The lowest BCUT2D eigenvalue weighted by atomic mass is 10.1. The second kappa shape index (κ2) is 8.29. The number of hydrogen-bond acceptors (Lipinski definition) is 4. The normalized spacial score (nSPS) is 11.8. The minimum atomic E-state index is -3.54. The van der Waals surface area contributed by atoms with E-state index >= 15 is 0 Å². The Morgan fingerprint density at radius 1 is 1.43 bits per heavy atom. The molecule has 0 fully saturated rings. The Bertz CT molecular complexity index is 570. The number of aryl methyl sites for hydroxylation is 1. The van der Waals surface area contributed by atoms with Crippen LogP contribution in [0.4, 0.5) is 0 Å². The van der Waals surface area contributed by atoms with Crippen LogP contribution in [0.25, 0.3) is 0 Å². The minimum Gasteiger partial charge on any atom is -0.383 e. The number of rotatable bonds is 9. The van der Waals surface area contributed by atoms with Crippen molar-refractivity contribution in [1.29, 1.82) is 0 Å². The van der Waals surface area contributed by atoms with Gasteiger partial charge >= 0.3 is 0 Å². The van der Waals surface area contributed by atoms with Crippen LogP contribution in [-0.4, -0.2) is 46.6 Å². The highest BCUT2D eigenvalue weighted by Crippen LogP contribution is 2.19. The molecule has 6 heteroatoms. The Balaban J connectivity index is 3.14. The van der Waals surface area contributed by atoms with Crippen LogP contribution in [-0.2, 0) is 21.3 Å². The van der Waals surface area contributed by atoms with Gasteiger partial charge in [-0.05, 0) is 37.2 Å². The molecule has 1 rings (SSSR count). The molecule has 0 saturated heterocycles. The lowest BCUT2D eigenvalue weighted by Crippen LogP contribution is -2.34. The van der Waals surface area contributed by atoms with E-state index in [1.54, 1.807) is 25.3 Å². The van der Waals surface area contributed by atoms with E-state index in [1.807, 2.05) is 20.0 Å². The molecule has 21 heavy (non-hydrogen) atoms. The van der Waals surface area contributed by atoms with E-state index in [0.717, 1.165) is 11.1 Å². The Morgan fingerprint density at radius 3 is 2.71 bits per heavy atom. The van der Waals surface area contributed by atoms with Crippen molar-refractivity contribution < 1.29 is 13.2 Å². The second-order valence-corrected chi connectivity index (χ2v) is 6.70. The number of hydrogen-bond donors (Lipinski definition) is 1. The maximum atomic E-state index is 12.7. The van der Waals surface area contributed by atoms with Crippen molar-refractivity contribution in [1.82, 2.24) is 9.62 Å². The molecule has 5 nitrogen and oxygen atoms in total. The standard InChI is InChI=1S/C15H24N2O3S/c1-5-8-17(9-10-20-4)21(18,19)15-7-6-13(2)14(11-15)12-16-3/h5-7,11,16H,1,8-10,12H2,2-4H3. The summed E-state index contributed by atoms with van der Waals surface area (Å²) in [6, 6.07) is 5.21. The second-order valence-electron chi connectivity index (χ2n) is 4.76. The molecule has 0 saturated carbocycles. The summed E-state index contributed by atoms with van der Waals surface area (Å²) in [5.74, 6) is 0. The molecule has 1 N–H and O–H groups in total. The first kappa shape index (κ1) is 17.8. The first-order valence-corrected chi connectivity index (χ1v) is 8.25. The number of nitrogens with zero attached hydrogens (tertiary/aromatic N) is 1. The van der Waals surface area contributed by atoms with Crippen molar-refractivity contribution in [2.45, 2.75) is 18.4 Å². The molecule has 0 aliphatic heterocycles. The third kappa shape index (κ3) is 4.64. The van der Waals surface area contributed by atoms with Crippen LogP contribution in [0.1, 0.15) is 11.1 Å². The van der Waals surface area contributed by atoms with E-state index in [4.69, 9.17) is 4.74 Å². The van der Waals surface area contributed by atoms with E-state index < -0.39 is 10.0 Å². The van der Waals surface area contributed by atoms with Gasteiger partial charge in [-0.25, -0.2) is 8.42 Å². The maximum absolute atomic E-state index is 12.7. The minimum absolute atomic E-state index is 0.265. The summed E-state index contributed by atoms with van der Waals surface area (Å²) in [5.41, 5.74) is 2.04. The molecule has 0 radical (unpaired) electrons. The molecule has 0 amide bonds. The molecular formula is C15H24N2O3S. The van der Waals surface area contributed by atoms with Crippen LogP contribution < -0.4 is 5.32 Å². The summed E-state index contributed by atoms with van der Waals surface area (Å²) < 4.78 is 31.7. The zero-order valence-electron chi connectivity index (χ0n) is 12.9. The molecular weight excluding hydrogens is 288 g/mol. The van der Waals surface area contributed by atoms with Crippen molar-refractivity contribution in [2.75, 3.05) is 33.9 Å². The van der Waals surface area contributed by atoms with Gasteiger partial charge in [-0.15, -0.1) is 6.58 Å². The van der Waals surface area contributed by atoms with Gasteiger partial charge in [0.25, 0.3) is 0 Å². The Kier molecular flexibility index (Phi) is 7.04. The molecule has 0 aliphatic carbocycles. The molecule has 0 atom stereocenters. The Hall–Kier alpha value is -1.21. The average Bonchev–Trinajstić information content (AvgIpc) is 2.45. The van der Waals surface area contributed by atoms with Crippen molar-refractivity contribution in [3.63, 3.8) is 0 Å². The summed E-state index contributed by atoms with van der Waals surface area (Å²) in [7, 11) is -0.151. The molecule has 1 aromatic carbocycles. The average molecular weight is 312 g/mol. The lowest BCUT2D eigenvalue weighted by Gasteiger charge is -2.21. The number of methoxy groups -OCH3 is 1. The summed E-state index contributed by atoms with van der Waals surface area (Å²) in [5, 5.41) is 3.05. The van der Waals surface area contributed by atoms with Crippen LogP contribution in [0, 0.1) is 6.92 Å². The van der Waals surface area contributed by atoms with Gasteiger partial charge in [0.05, 0.1) is 11.5 Å². The van der Waals surface area contributed by atoms with Gasteiger partial charge in [0.15, 0.2) is 0 Å². The molecule has 0 aromatic heterocycles. The van der Waals surface area contributed by atoms with Crippen molar-refractivity contribution in [2.24, 2.45) is 0 Å². The first-order chi connectivity index (χ1) is 9.97. The Morgan fingerprint density at radius 2 is 2.14 bits per heavy atom. The van der Waals surface area contributed by atoms with Crippen molar-refractivity contribution in [3.05, 3.63) is 42.0 Å². The molecule has 0 bridgehead atoms. The van der Waals surface area contributed by atoms with Crippen molar-refractivity contribution >= 4 is 10.0 Å². The predicted molar refractivity (Wildman–Crippen MR) is 84.8 cm³/mol. The largest absolute Gasteiger partial charge is 0.383 e. The highest BCUT2D eigenvalue weighted by Gasteiger charge is 2.23. The topological polar surface area (TPSA) is 58.6 Å². The number of sulfonamides is 1. The van der Waals surface area contributed by atoms with Crippen LogP contribution in [0.15, 0.2) is 35.7 Å². The zero-order valence-corrected chi connectivity index (χ0v) is 13.7. The van der Waals surface area contributed by atoms with Crippen LogP contribution in [0.3, 0.4) is 0 Å². The van der Waals surface area contributed by atoms with E-state index in [1.165, 1.54) is 4.31 Å². The fraction of sp³-hybridized carbons (Fsp3) is 0.467. The quantitative estimate of drug-likeness (QED) is 0.703. The van der Waals surface area contributed by atoms with E-state index in [2.05, 4.69) is 11.9 Å². The molecule has 1 aromatic rings. The predicted octanol–water partition coefficient (Wildman–Crippen LogP) is 1.54. The van der Waals surface area contributed by atoms with Crippen LogP contribution in [0.5, 0.6) is 0 Å². The van der Waals surface area contributed by atoms with Gasteiger partial charge in [-0.2, -0.15) is 4.31 Å². The first-order valence-electron chi connectivity index (χ1n) is 6.81. The summed E-state index contributed by atoms with van der Waals surface area (Å²) >= 11 is 0. The zero-order chi connectivity index (χ0) is 15.9. The van der Waals surface area contributed by atoms with Gasteiger partial charge in [-0.3, -0.25) is 0 Å². The monoisotopic (exact) mass is 312 g/mol. The summed E-state index contributed by atoms with van der Waals surface area (Å²) in [4.78, 5) is 0.302. The van der Waals surface area contributed by atoms with Crippen LogP contribution >= 0.6 is 0 Å². The van der Waals surface area contributed by atoms with E-state index in [9.17, 15) is 8.42 Å². The third-order valence-electron chi connectivity index (χ3n) is 3.20. The lowest BCUT2D eigenvalue weighted by molar-refractivity contribution is 0.182.